The second-order valence-corrected chi connectivity index (χ2v) is 7.37. The lowest BCUT2D eigenvalue weighted by Crippen LogP contribution is -2.24. The number of amides is 1. The summed E-state index contributed by atoms with van der Waals surface area (Å²) in [6.07, 6.45) is 1.53. The van der Waals surface area contributed by atoms with Gasteiger partial charge in [0.25, 0.3) is 0 Å². The van der Waals surface area contributed by atoms with Gasteiger partial charge in [-0.25, -0.2) is 4.68 Å². The molecule has 4 aromatic rings. The first-order valence-electron chi connectivity index (χ1n) is 8.58. The highest BCUT2D eigenvalue weighted by Crippen LogP contribution is 2.24. The molecule has 0 saturated carbocycles. The fourth-order valence-corrected chi connectivity index (χ4v) is 3.37. The van der Waals surface area contributed by atoms with Gasteiger partial charge in [-0.1, -0.05) is 23.4 Å². The molecule has 1 amide bonds. The number of hydrogen-bond donors (Lipinski definition) is 2. The van der Waals surface area contributed by atoms with Crippen molar-refractivity contribution in [3.63, 3.8) is 0 Å². The van der Waals surface area contributed by atoms with Gasteiger partial charge < -0.3 is 20.0 Å². The van der Waals surface area contributed by atoms with Crippen LogP contribution in [0.4, 0.5) is 0 Å². The molecule has 0 radical (unpaired) electrons. The summed E-state index contributed by atoms with van der Waals surface area (Å²) < 4.78 is 12.3. The van der Waals surface area contributed by atoms with Gasteiger partial charge in [0.05, 0.1) is 18.6 Å². The average molecular weight is 430 g/mol. The molecule has 4 rings (SSSR count). The summed E-state index contributed by atoms with van der Waals surface area (Å²) in [7, 11) is 0. The van der Waals surface area contributed by atoms with Crippen molar-refractivity contribution >= 4 is 29.3 Å². The Balaban J connectivity index is 1.29. The van der Waals surface area contributed by atoms with Crippen LogP contribution in [0.1, 0.15) is 5.76 Å². The number of rotatable bonds is 7. The molecule has 0 fully saturated rings. The van der Waals surface area contributed by atoms with Crippen molar-refractivity contribution in [1.82, 2.24) is 20.2 Å². The van der Waals surface area contributed by atoms with Crippen molar-refractivity contribution in [2.24, 2.45) is 0 Å². The Hall–Kier alpha value is -3.17. The minimum Gasteiger partial charge on any atom is -0.461 e. The normalized spacial score (nSPS) is 10.9. The van der Waals surface area contributed by atoms with E-state index in [1.165, 1.54) is 22.7 Å². The van der Waals surface area contributed by atoms with Crippen molar-refractivity contribution in [2.75, 3.05) is 11.6 Å². The van der Waals surface area contributed by atoms with Crippen molar-refractivity contribution in [1.29, 1.82) is 0 Å². The second kappa shape index (κ2) is 8.46. The summed E-state index contributed by atoms with van der Waals surface area (Å²) in [5.74, 6) is 8.18. The molecule has 29 heavy (non-hydrogen) atoms. The van der Waals surface area contributed by atoms with E-state index >= 15 is 0 Å². The molecule has 1 aromatic carbocycles. The first-order valence-corrected chi connectivity index (χ1v) is 9.95. The Bertz CT molecular complexity index is 1110. The Morgan fingerprint density at radius 2 is 1.97 bits per heavy atom. The number of benzene rings is 1. The van der Waals surface area contributed by atoms with E-state index in [0.717, 1.165) is 5.56 Å². The highest BCUT2D eigenvalue weighted by molar-refractivity contribution is 7.99. The highest BCUT2D eigenvalue weighted by atomic mass is 35.5. The number of thioether (sulfide) groups is 1. The van der Waals surface area contributed by atoms with Gasteiger partial charge in [-0.3, -0.25) is 4.79 Å². The lowest BCUT2D eigenvalue weighted by molar-refractivity contribution is -0.118. The Morgan fingerprint density at radius 3 is 2.72 bits per heavy atom. The van der Waals surface area contributed by atoms with E-state index in [9.17, 15) is 4.79 Å². The number of furan rings is 2. The topological polar surface area (TPSA) is 112 Å². The first kappa shape index (κ1) is 19.2. The number of nitrogen functional groups attached to an aromatic ring is 1. The molecule has 3 aromatic heterocycles. The maximum Gasteiger partial charge on any atom is 0.230 e. The standard InChI is InChI=1S/C19H16ClN5O3S/c20-13-5-3-12(4-6-13)15-8-7-14(28-15)10-22-17(26)11-29-19-24-23-18(25(19)21)16-2-1-9-27-16/h1-9H,10-11,21H2,(H,22,26). The maximum atomic E-state index is 12.1. The number of nitrogens with two attached hydrogens (primary N) is 1. The third-order valence-corrected chi connectivity index (χ3v) is 5.18. The molecule has 0 unspecified atom stereocenters. The molecule has 0 spiro atoms. The van der Waals surface area contributed by atoms with Crippen LogP contribution < -0.4 is 11.2 Å². The quantitative estimate of drug-likeness (QED) is 0.341. The number of halogens is 1. The number of carbonyl (C=O) groups excluding carboxylic acids is 1. The van der Waals surface area contributed by atoms with E-state index < -0.39 is 0 Å². The highest BCUT2D eigenvalue weighted by Gasteiger charge is 2.15. The number of carbonyl (C=O) groups is 1. The average Bonchev–Trinajstić information content (AvgIpc) is 3.47. The lowest BCUT2D eigenvalue weighted by atomic mass is 10.2. The molecule has 0 saturated heterocycles. The molecule has 0 aliphatic heterocycles. The molecule has 10 heteroatoms. The number of aromatic nitrogens is 3. The van der Waals surface area contributed by atoms with Gasteiger partial charge in [0, 0.05) is 10.6 Å². The predicted molar refractivity (Wildman–Crippen MR) is 110 cm³/mol. The second-order valence-electron chi connectivity index (χ2n) is 5.99. The van der Waals surface area contributed by atoms with Crippen molar-refractivity contribution < 1.29 is 13.6 Å². The van der Waals surface area contributed by atoms with E-state index in [-0.39, 0.29) is 18.2 Å². The van der Waals surface area contributed by atoms with Gasteiger partial charge in [0.1, 0.15) is 11.5 Å². The molecular formula is C19H16ClN5O3S. The molecule has 148 valence electrons. The van der Waals surface area contributed by atoms with Crippen molar-refractivity contribution in [3.8, 4) is 22.9 Å². The molecule has 0 bridgehead atoms. The van der Waals surface area contributed by atoms with E-state index in [2.05, 4.69) is 15.5 Å². The zero-order chi connectivity index (χ0) is 20.2. The van der Waals surface area contributed by atoms with Crippen molar-refractivity contribution in [3.05, 3.63) is 65.6 Å². The summed E-state index contributed by atoms with van der Waals surface area (Å²) in [6, 6.07) is 14.5. The van der Waals surface area contributed by atoms with Gasteiger partial charge in [0.15, 0.2) is 5.76 Å². The van der Waals surface area contributed by atoms with E-state index in [0.29, 0.717) is 33.3 Å². The van der Waals surface area contributed by atoms with Crippen LogP contribution in [0.3, 0.4) is 0 Å². The maximum absolute atomic E-state index is 12.1. The molecule has 8 nitrogen and oxygen atoms in total. The van der Waals surface area contributed by atoms with E-state index in [1.807, 2.05) is 24.3 Å². The van der Waals surface area contributed by atoms with E-state index in [4.69, 9.17) is 26.3 Å². The molecular weight excluding hydrogens is 414 g/mol. The van der Waals surface area contributed by atoms with Gasteiger partial charge >= 0.3 is 0 Å². The fourth-order valence-electron chi connectivity index (χ4n) is 2.56. The number of nitrogens with one attached hydrogen (secondary N) is 1. The zero-order valence-corrected chi connectivity index (χ0v) is 16.6. The van der Waals surface area contributed by atoms with Gasteiger partial charge in [-0.05, 0) is 48.5 Å². The molecule has 0 aliphatic carbocycles. The molecule has 0 aliphatic rings. The van der Waals surface area contributed by atoms with Gasteiger partial charge in [-0.15, -0.1) is 10.2 Å². The largest absolute Gasteiger partial charge is 0.461 e. The monoisotopic (exact) mass is 429 g/mol. The van der Waals surface area contributed by atoms with Crippen LogP contribution in [0.2, 0.25) is 5.02 Å². The molecule has 3 heterocycles. The summed E-state index contributed by atoms with van der Waals surface area (Å²) >= 11 is 7.08. The van der Waals surface area contributed by atoms with Crippen molar-refractivity contribution in [2.45, 2.75) is 11.7 Å². The zero-order valence-electron chi connectivity index (χ0n) is 15.0. The van der Waals surface area contributed by atoms with Gasteiger partial charge in [0.2, 0.25) is 16.9 Å². The van der Waals surface area contributed by atoms with Crippen LogP contribution in [0.25, 0.3) is 22.9 Å². The van der Waals surface area contributed by atoms with Crippen LogP contribution in [0.15, 0.2) is 68.8 Å². The van der Waals surface area contributed by atoms with Crippen LogP contribution in [-0.4, -0.2) is 26.5 Å². The third-order valence-electron chi connectivity index (χ3n) is 3.99. The predicted octanol–water partition coefficient (Wildman–Crippen LogP) is 3.57. The summed E-state index contributed by atoms with van der Waals surface area (Å²) in [5.41, 5.74) is 0.914. The SMILES string of the molecule is Nn1c(SCC(=O)NCc2ccc(-c3ccc(Cl)cc3)o2)nnc1-c1ccco1. The number of nitrogens with zero attached hydrogens (tertiary/aromatic N) is 3. The van der Waals surface area contributed by atoms with E-state index in [1.54, 1.807) is 24.3 Å². The fraction of sp³-hybridized carbons (Fsp3) is 0.105. The molecule has 3 N–H and O–H groups in total. The number of hydrogen-bond acceptors (Lipinski definition) is 7. The first-order chi connectivity index (χ1) is 14.1. The van der Waals surface area contributed by atoms with Crippen LogP contribution in [0, 0.1) is 0 Å². The summed E-state index contributed by atoms with van der Waals surface area (Å²) in [4.78, 5) is 12.1. The summed E-state index contributed by atoms with van der Waals surface area (Å²) in [5, 5.41) is 11.9. The molecule has 0 atom stereocenters. The Labute approximate surface area is 175 Å². The lowest BCUT2D eigenvalue weighted by Gasteiger charge is -2.04. The van der Waals surface area contributed by atoms with Crippen LogP contribution in [-0.2, 0) is 11.3 Å². The van der Waals surface area contributed by atoms with Crippen LogP contribution in [0.5, 0.6) is 0 Å². The Morgan fingerprint density at radius 1 is 1.14 bits per heavy atom. The smallest absolute Gasteiger partial charge is 0.230 e. The van der Waals surface area contributed by atoms with Crippen LogP contribution >= 0.6 is 23.4 Å². The van der Waals surface area contributed by atoms with Gasteiger partial charge in [-0.2, -0.15) is 0 Å². The summed E-state index contributed by atoms with van der Waals surface area (Å²) in [6.45, 7) is 0.278. The minimum absolute atomic E-state index is 0.137. The minimum atomic E-state index is -0.179. The Kier molecular flexibility index (Phi) is 5.59. The third kappa shape index (κ3) is 4.47.